The van der Waals surface area contributed by atoms with Crippen molar-refractivity contribution in [2.45, 2.75) is 19.3 Å². The van der Waals surface area contributed by atoms with E-state index in [0.29, 0.717) is 6.42 Å². The third-order valence-electron chi connectivity index (χ3n) is 3.07. The van der Waals surface area contributed by atoms with E-state index < -0.39 is 13.1 Å². The number of fused-ring (bicyclic) bond motifs is 1. The number of rotatable bonds is 4. The zero-order valence-electron chi connectivity index (χ0n) is 10.7. The lowest BCUT2D eigenvalue weighted by molar-refractivity contribution is -0.119. The minimum atomic E-state index is -1.58. The first-order chi connectivity index (χ1) is 9.08. The van der Waals surface area contributed by atoms with Crippen LogP contribution in [0.2, 0.25) is 0 Å². The van der Waals surface area contributed by atoms with E-state index >= 15 is 0 Å². The Bertz CT molecular complexity index is 580. The molecule has 0 aromatic heterocycles. The summed E-state index contributed by atoms with van der Waals surface area (Å²) in [6, 6.07) is 13.7. The Balaban J connectivity index is 2.31. The molecule has 0 aliphatic rings. The number of benzene rings is 2. The molecule has 2 aromatic carbocycles. The second-order valence-corrected chi connectivity index (χ2v) is 4.56. The van der Waals surface area contributed by atoms with Crippen molar-refractivity contribution >= 4 is 23.8 Å². The van der Waals surface area contributed by atoms with Crippen molar-refractivity contribution < 1.29 is 14.8 Å². The fraction of sp³-hybridized carbons (Fsp3) is 0.214. The lowest BCUT2D eigenvalue weighted by Gasteiger charge is -2.28. The van der Waals surface area contributed by atoms with E-state index in [4.69, 9.17) is 0 Å². The molecule has 0 saturated heterocycles. The van der Waals surface area contributed by atoms with Crippen LogP contribution in [0.4, 0.5) is 0 Å². The maximum Gasteiger partial charge on any atom is 0.214 e. The Morgan fingerprint density at radius 1 is 1.21 bits per heavy atom. The Hall–Kier alpha value is -1.85. The van der Waals surface area contributed by atoms with Gasteiger partial charge in [-0.15, -0.1) is 0 Å². The summed E-state index contributed by atoms with van der Waals surface area (Å²) in [7, 11) is -1.58. The fourth-order valence-electron chi connectivity index (χ4n) is 2.20. The Kier molecular flexibility index (Phi) is 4.19. The van der Waals surface area contributed by atoms with Gasteiger partial charge < -0.3 is 15.4 Å². The number of carbonyl (C=O) groups excluding carboxylic acids is 1. The van der Waals surface area contributed by atoms with Gasteiger partial charge in [0.2, 0.25) is 5.91 Å². The van der Waals surface area contributed by atoms with Gasteiger partial charge in [0.1, 0.15) is 0 Å². The largest absolute Gasteiger partial charge is 0.604 e. The summed E-state index contributed by atoms with van der Waals surface area (Å²) >= 11 is 0. The summed E-state index contributed by atoms with van der Waals surface area (Å²) in [5.41, 5.74) is 0.977. The minimum absolute atomic E-state index is 0.279. The summed E-state index contributed by atoms with van der Waals surface area (Å²) in [5, 5.41) is 23.4. The van der Waals surface area contributed by atoms with Gasteiger partial charge in [0.25, 0.3) is 0 Å². The van der Waals surface area contributed by atoms with E-state index in [0.717, 1.165) is 16.3 Å². The molecule has 5 heteroatoms. The van der Waals surface area contributed by atoms with Crippen molar-refractivity contribution in [2.75, 3.05) is 0 Å². The SMILES string of the molecule is CC(=O)N[C@@H](Cc1cccc2ccccc12)[B-](O)O. The summed E-state index contributed by atoms with van der Waals surface area (Å²) in [6.45, 7) is 1.36. The normalized spacial score (nSPS) is 12.6. The van der Waals surface area contributed by atoms with Gasteiger partial charge in [0, 0.05) is 6.92 Å². The van der Waals surface area contributed by atoms with Crippen LogP contribution in [-0.4, -0.2) is 29.0 Å². The van der Waals surface area contributed by atoms with Crippen LogP contribution in [0.5, 0.6) is 0 Å². The van der Waals surface area contributed by atoms with Crippen molar-refractivity contribution in [1.82, 2.24) is 5.32 Å². The standard InChI is InChI=1S/C14H16BNO3/c1-10(17)16-14(15(18)19)9-12-7-4-6-11-5-2-3-8-13(11)12/h2-8,14,18-19H,9H2,1H3,(H,16,17)/q-1/t14-/m0/s1. The Morgan fingerprint density at radius 3 is 2.58 bits per heavy atom. The van der Waals surface area contributed by atoms with E-state index in [1.807, 2.05) is 42.5 Å². The van der Waals surface area contributed by atoms with Crippen LogP contribution in [0.1, 0.15) is 12.5 Å². The molecule has 0 spiro atoms. The van der Waals surface area contributed by atoms with E-state index in [9.17, 15) is 14.8 Å². The molecule has 99 valence electrons. The highest BCUT2D eigenvalue weighted by molar-refractivity contribution is 6.43. The van der Waals surface area contributed by atoms with E-state index in [1.54, 1.807) is 0 Å². The first-order valence-electron chi connectivity index (χ1n) is 6.18. The van der Waals surface area contributed by atoms with Crippen LogP contribution in [-0.2, 0) is 11.2 Å². The molecule has 0 aliphatic carbocycles. The van der Waals surface area contributed by atoms with Crippen molar-refractivity contribution in [3.8, 4) is 0 Å². The van der Waals surface area contributed by atoms with E-state index in [1.165, 1.54) is 6.92 Å². The van der Waals surface area contributed by atoms with Crippen molar-refractivity contribution in [3.05, 3.63) is 48.0 Å². The Morgan fingerprint density at radius 2 is 1.89 bits per heavy atom. The first-order valence-corrected chi connectivity index (χ1v) is 6.18. The molecule has 0 saturated carbocycles. The fourth-order valence-corrected chi connectivity index (χ4v) is 2.20. The lowest BCUT2D eigenvalue weighted by Crippen LogP contribution is -2.47. The molecule has 0 fully saturated rings. The summed E-state index contributed by atoms with van der Waals surface area (Å²) in [6.07, 6.45) is 0.374. The van der Waals surface area contributed by atoms with Crippen molar-refractivity contribution in [2.24, 2.45) is 0 Å². The zero-order valence-corrected chi connectivity index (χ0v) is 10.7. The average Bonchev–Trinajstić information content (AvgIpc) is 2.37. The van der Waals surface area contributed by atoms with Crippen LogP contribution in [0.15, 0.2) is 42.5 Å². The second kappa shape index (κ2) is 5.86. The molecule has 0 unspecified atom stereocenters. The maximum atomic E-state index is 11.1. The number of amides is 1. The predicted octanol–water partition coefficient (Wildman–Crippen LogP) is 0.899. The molecule has 0 bridgehead atoms. The molecule has 3 N–H and O–H groups in total. The number of nitrogens with one attached hydrogen (secondary N) is 1. The molecule has 0 aliphatic heterocycles. The number of hydrogen-bond acceptors (Lipinski definition) is 3. The van der Waals surface area contributed by atoms with Gasteiger partial charge in [-0.1, -0.05) is 48.4 Å². The Labute approximate surface area is 112 Å². The van der Waals surface area contributed by atoms with Gasteiger partial charge in [-0.05, 0) is 22.8 Å². The highest BCUT2D eigenvalue weighted by Crippen LogP contribution is 2.19. The zero-order chi connectivity index (χ0) is 13.8. The van der Waals surface area contributed by atoms with Gasteiger partial charge in [0.15, 0.2) is 7.12 Å². The quantitative estimate of drug-likeness (QED) is 0.713. The van der Waals surface area contributed by atoms with Crippen LogP contribution >= 0.6 is 0 Å². The highest BCUT2D eigenvalue weighted by Gasteiger charge is 2.12. The molecular formula is C14H16BNO3-. The molecule has 1 radical (unpaired) electrons. The molecule has 19 heavy (non-hydrogen) atoms. The molecule has 2 aromatic rings. The average molecular weight is 257 g/mol. The van der Waals surface area contributed by atoms with Gasteiger partial charge in [0.05, 0.1) is 0 Å². The van der Waals surface area contributed by atoms with Gasteiger partial charge in [-0.2, -0.15) is 0 Å². The second-order valence-electron chi connectivity index (χ2n) is 4.56. The van der Waals surface area contributed by atoms with Crippen LogP contribution < -0.4 is 5.32 Å². The number of carbonyl (C=O) groups is 1. The van der Waals surface area contributed by atoms with Crippen LogP contribution in [0.25, 0.3) is 10.8 Å². The van der Waals surface area contributed by atoms with Gasteiger partial charge in [-0.3, -0.25) is 4.79 Å². The van der Waals surface area contributed by atoms with Crippen LogP contribution in [0, 0.1) is 0 Å². The third kappa shape index (κ3) is 3.33. The lowest BCUT2D eigenvalue weighted by atomic mass is 9.75. The smallest absolute Gasteiger partial charge is 0.214 e. The maximum absolute atomic E-state index is 11.1. The van der Waals surface area contributed by atoms with Gasteiger partial charge >= 0.3 is 0 Å². The topological polar surface area (TPSA) is 69.6 Å². The molecule has 0 heterocycles. The van der Waals surface area contributed by atoms with Crippen molar-refractivity contribution in [3.63, 3.8) is 0 Å². The highest BCUT2D eigenvalue weighted by atomic mass is 16.4. The molecule has 2 rings (SSSR count). The van der Waals surface area contributed by atoms with E-state index in [2.05, 4.69) is 5.32 Å². The molecule has 4 nitrogen and oxygen atoms in total. The summed E-state index contributed by atoms with van der Waals surface area (Å²) < 4.78 is 0. The molecule has 1 amide bonds. The van der Waals surface area contributed by atoms with Crippen LogP contribution in [0.3, 0.4) is 0 Å². The van der Waals surface area contributed by atoms with Gasteiger partial charge in [-0.25, -0.2) is 0 Å². The minimum Gasteiger partial charge on any atom is -0.604 e. The monoisotopic (exact) mass is 257 g/mol. The third-order valence-corrected chi connectivity index (χ3v) is 3.07. The molecular weight excluding hydrogens is 241 g/mol. The predicted molar refractivity (Wildman–Crippen MR) is 75.4 cm³/mol. The van der Waals surface area contributed by atoms with E-state index in [-0.39, 0.29) is 5.91 Å². The summed E-state index contributed by atoms with van der Waals surface area (Å²) in [4.78, 5) is 11.1. The van der Waals surface area contributed by atoms with Crippen molar-refractivity contribution in [1.29, 1.82) is 0 Å². The summed E-state index contributed by atoms with van der Waals surface area (Å²) in [5.74, 6) is -0.985. The number of hydrogen-bond donors (Lipinski definition) is 3. The first kappa shape index (κ1) is 13.6. The molecule has 1 atom stereocenters.